The molecule has 1 heterocycles. The van der Waals surface area contributed by atoms with Crippen LogP contribution in [-0.4, -0.2) is 25.7 Å². The Bertz CT molecular complexity index is 1050. The number of hydrogen-bond acceptors (Lipinski definition) is 5. The Morgan fingerprint density at radius 3 is 2.04 bits per heavy atom. The van der Waals surface area contributed by atoms with Gasteiger partial charge < -0.3 is 4.18 Å². The highest BCUT2D eigenvalue weighted by Crippen LogP contribution is 2.40. The molecule has 2 aromatic rings. The number of fused-ring (bicyclic) bond motifs is 1. The predicted molar refractivity (Wildman–Crippen MR) is 92.1 cm³/mol. The van der Waals surface area contributed by atoms with Crippen LogP contribution in [0, 0.1) is 6.92 Å². The van der Waals surface area contributed by atoms with E-state index in [9.17, 15) is 31.2 Å². The molecule has 0 atom stereocenters. The first-order chi connectivity index (χ1) is 12.4. The lowest BCUT2D eigenvalue weighted by molar-refractivity contribution is -0.0499. The predicted octanol–water partition coefficient (Wildman–Crippen LogP) is 3.79. The van der Waals surface area contributed by atoms with Gasteiger partial charge in [-0.3, -0.25) is 9.59 Å². The van der Waals surface area contributed by atoms with E-state index in [1.54, 1.807) is 0 Å². The molecular weight excluding hydrogens is 455 g/mol. The summed E-state index contributed by atoms with van der Waals surface area (Å²) in [6, 6.07) is 7.94. The van der Waals surface area contributed by atoms with E-state index in [1.807, 2.05) is 0 Å². The molecule has 0 bridgehead atoms. The Hall–Kier alpha value is -2.40. The molecule has 0 spiro atoms. The lowest BCUT2D eigenvalue weighted by Gasteiger charge is -2.20. The van der Waals surface area contributed by atoms with Crippen LogP contribution >= 0.6 is 15.9 Å². The van der Waals surface area contributed by atoms with Crippen molar-refractivity contribution in [1.82, 2.24) is 0 Å². The SMILES string of the molecule is Cc1cc(OS(=O)(=O)C(F)(F)F)c(N2C(=O)c3ccccc3C2=O)cc1Br. The van der Waals surface area contributed by atoms with Gasteiger partial charge in [-0.05, 0) is 36.8 Å². The summed E-state index contributed by atoms with van der Waals surface area (Å²) in [7, 11) is -6.00. The minimum Gasteiger partial charge on any atom is -0.374 e. The first-order valence-corrected chi connectivity index (χ1v) is 9.43. The van der Waals surface area contributed by atoms with Crippen LogP contribution in [0.3, 0.4) is 0 Å². The minimum absolute atomic E-state index is 0.0452. The van der Waals surface area contributed by atoms with Crippen molar-refractivity contribution >= 4 is 43.5 Å². The van der Waals surface area contributed by atoms with E-state index in [1.165, 1.54) is 31.2 Å². The van der Waals surface area contributed by atoms with Crippen LogP contribution in [0.25, 0.3) is 0 Å². The van der Waals surface area contributed by atoms with Gasteiger partial charge in [0.25, 0.3) is 11.8 Å². The second-order valence-electron chi connectivity index (χ2n) is 5.54. The van der Waals surface area contributed by atoms with Crippen LogP contribution in [0.1, 0.15) is 26.3 Å². The van der Waals surface area contributed by atoms with Crippen molar-refractivity contribution in [3.05, 3.63) is 57.6 Å². The van der Waals surface area contributed by atoms with E-state index in [4.69, 9.17) is 0 Å². The summed E-state index contributed by atoms with van der Waals surface area (Å²) in [4.78, 5) is 25.7. The van der Waals surface area contributed by atoms with Crippen molar-refractivity contribution in [2.45, 2.75) is 12.4 Å². The zero-order valence-electron chi connectivity index (χ0n) is 13.4. The molecule has 0 saturated carbocycles. The number of carbonyl (C=O) groups is 2. The number of amides is 2. The minimum atomic E-state index is -6.00. The molecule has 0 aliphatic carbocycles. The zero-order chi connectivity index (χ0) is 20.1. The largest absolute Gasteiger partial charge is 0.534 e. The van der Waals surface area contributed by atoms with E-state index >= 15 is 0 Å². The molecule has 27 heavy (non-hydrogen) atoms. The van der Waals surface area contributed by atoms with Gasteiger partial charge >= 0.3 is 15.6 Å². The number of rotatable bonds is 3. The first kappa shape index (κ1) is 19.4. The van der Waals surface area contributed by atoms with Gasteiger partial charge in [-0.1, -0.05) is 28.1 Å². The van der Waals surface area contributed by atoms with Gasteiger partial charge in [-0.2, -0.15) is 21.6 Å². The summed E-state index contributed by atoms with van der Waals surface area (Å²) in [5.41, 5.74) is -5.67. The van der Waals surface area contributed by atoms with Gasteiger partial charge in [0.1, 0.15) is 0 Å². The Balaban J connectivity index is 2.16. The van der Waals surface area contributed by atoms with Gasteiger partial charge in [-0.25, -0.2) is 4.90 Å². The molecular formula is C16H9BrF3NO5S. The van der Waals surface area contributed by atoms with Crippen LogP contribution in [0.2, 0.25) is 0 Å². The van der Waals surface area contributed by atoms with E-state index < -0.39 is 38.9 Å². The molecule has 1 aliphatic heterocycles. The quantitative estimate of drug-likeness (QED) is 0.393. The van der Waals surface area contributed by atoms with Gasteiger partial charge in [-0.15, -0.1) is 0 Å². The van der Waals surface area contributed by atoms with E-state index in [0.29, 0.717) is 14.9 Å². The molecule has 2 amide bonds. The van der Waals surface area contributed by atoms with Crippen molar-refractivity contribution in [3.8, 4) is 5.75 Å². The fourth-order valence-corrected chi connectivity index (χ4v) is 3.26. The summed E-state index contributed by atoms with van der Waals surface area (Å²) in [6.45, 7) is 1.48. The first-order valence-electron chi connectivity index (χ1n) is 7.23. The number of halogens is 4. The van der Waals surface area contributed by atoms with E-state index in [2.05, 4.69) is 20.1 Å². The third-order valence-corrected chi connectivity index (χ3v) is 5.58. The molecule has 2 aromatic carbocycles. The van der Waals surface area contributed by atoms with Crippen LogP contribution in [0.5, 0.6) is 5.75 Å². The normalized spacial score (nSPS) is 14.5. The molecule has 11 heteroatoms. The van der Waals surface area contributed by atoms with Crippen molar-refractivity contribution in [2.75, 3.05) is 4.90 Å². The number of benzene rings is 2. The molecule has 6 nitrogen and oxygen atoms in total. The standard InChI is InChI=1S/C16H9BrF3NO5S/c1-8-6-13(26-27(24,25)16(18,19)20)12(7-11(8)17)21-14(22)9-4-2-3-5-10(9)15(21)23/h2-7H,1H3. The smallest absolute Gasteiger partial charge is 0.374 e. The lowest BCUT2D eigenvalue weighted by Crippen LogP contribution is -2.32. The molecule has 142 valence electrons. The summed E-state index contributed by atoms with van der Waals surface area (Å²) in [6.07, 6.45) is 0. The second kappa shape index (κ2) is 6.34. The van der Waals surface area contributed by atoms with Crippen molar-refractivity contribution in [3.63, 3.8) is 0 Å². The number of anilines is 1. The summed E-state index contributed by atoms with van der Waals surface area (Å²) in [5.74, 6) is -2.40. The Labute approximate surface area is 159 Å². The lowest BCUT2D eigenvalue weighted by atomic mass is 10.1. The summed E-state index contributed by atoms with van der Waals surface area (Å²) in [5, 5.41) is 0. The fourth-order valence-electron chi connectivity index (χ4n) is 2.46. The maximum Gasteiger partial charge on any atom is 0.534 e. The average molecular weight is 464 g/mol. The van der Waals surface area contributed by atoms with Crippen LogP contribution in [0.15, 0.2) is 40.9 Å². The average Bonchev–Trinajstić information content (AvgIpc) is 2.81. The summed E-state index contributed by atoms with van der Waals surface area (Å²) < 4.78 is 65.5. The number of aryl methyl sites for hydroxylation is 1. The number of nitrogens with zero attached hydrogens (tertiary/aromatic N) is 1. The molecule has 0 aromatic heterocycles. The molecule has 0 unspecified atom stereocenters. The molecule has 0 fully saturated rings. The molecule has 0 radical (unpaired) electrons. The zero-order valence-corrected chi connectivity index (χ0v) is 15.8. The van der Waals surface area contributed by atoms with Crippen LogP contribution < -0.4 is 9.08 Å². The Morgan fingerprint density at radius 2 is 1.56 bits per heavy atom. The molecule has 1 aliphatic rings. The molecule has 0 N–H and O–H groups in total. The third-order valence-electron chi connectivity index (χ3n) is 3.76. The fraction of sp³-hybridized carbons (Fsp3) is 0.125. The number of carbonyl (C=O) groups excluding carboxylic acids is 2. The van der Waals surface area contributed by atoms with E-state index in [-0.39, 0.29) is 11.1 Å². The van der Waals surface area contributed by atoms with Crippen LogP contribution in [-0.2, 0) is 10.1 Å². The van der Waals surface area contributed by atoms with Crippen LogP contribution in [0.4, 0.5) is 18.9 Å². The highest BCUT2D eigenvalue weighted by molar-refractivity contribution is 9.10. The number of hydrogen-bond donors (Lipinski definition) is 0. The topological polar surface area (TPSA) is 80.8 Å². The van der Waals surface area contributed by atoms with Crippen molar-refractivity contribution in [1.29, 1.82) is 0 Å². The van der Waals surface area contributed by atoms with Gasteiger partial charge in [0.05, 0.1) is 16.8 Å². The Kier molecular flexibility index (Phi) is 4.55. The maximum atomic E-state index is 12.7. The van der Waals surface area contributed by atoms with Gasteiger partial charge in [0.2, 0.25) is 0 Å². The van der Waals surface area contributed by atoms with E-state index in [0.717, 1.165) is 12.1 Å². The van der Waals surface area contributed by atoms with Crippen molar-refractivity contribution < 1.29 is 35.4 Å². The van der Waals surface area contributed by atoms with Gasteiger partial charge in [0, 0.05) is 4.47 Å². The monoisotopic (exact) mass is 463 g/mol. The molecule has 0 saturated heterocycles. The number of alkyl halides is 3. The van der Waals surface area contributed by atoms with Crippen molar-refractivity contribution in [2.24, 2.45) is 0 Å². The second-order valence-corrected chi connectivity index (χ2v) is 7.94. The summed E-state index contributed by atoms with van der Waals surface area (Å²) >= 11 is 3.14. The Morgan fingerprint density at radius 1 is 1.04 bits per heavy atom. The maximum absolute atomic E-state index is 12.7. The van der Waals surface area contributed by atoms with Gasteiger partial charge in [0.15, 0.2) is 5.75 Å². The highest BCUT2D eigenvalue weighted by atomic mass is 79.9. The highest BCUT2D eigenvalue weighted by Gasteiger charge is 2.49. The third kappa shape index (κ3) is 3.21. The molecule has 3 rings (SSSR count). The number of imide groups is 1.